The Morgan fingerprint density at radius 2 is 1.96 bits per heavy atom. The fourth-order valence-corrected chi connectivity index (χ4v) is 2.97. The Kier molecular flexibility index (Phi) is 4.76. The van der Waals surface area contributed by atoms with E-state index < -0.39 is 36.4 Å². The van der Waals surface area contributed by atoms with Gasteiger partial charge in [0.2, 0.25) is 11.8 Å². The molecule has 1 saturated heterocycles. The van der Waals surface area contributed by atoms with E-state index in [0.29, 0.717) is 16.3 Å². The highest BCUT2D eigenvalue weighted by Crippen LogP contribution is 2.27. The van der Waals surface area contributed by atoms with Crippen LogP contribution >= 0.6 is 11.6 Å². The summed E-state index contributed by atoms with van der Waals surface area (Å²) in [7, 11) is 0. The van der Waals surface area contributed by atoms with Crippen molar-refractivity contribution in [1.82, 2.24) is 10.2 Å². The molecule has 2 N–H and O–H groups in total. The topological polar surface area (TPSA) is 99.8 Å². The molecule has 1 fully saturated rings. The van der Waals surface area contributed by atoms with Crippen LogP contribution in [0, 0.1) is 0 Å². The lowest BCUT2D eigenvalue weighted by Crippen LogP contribution is -2.60. The minimum atomic E-state index is -1.20. The van der Waals surface area contributed by atoms with Gasteiger partial charge < -0.3 is 19.7 Å². The average Bonchev–Trinajstić information content (AvgIpc) is 3.06. The highest BCUT2D eigenvalue weighted by molar-refractivity contribution is 6.30. The summed E-state index contributed by atoms with van der Waals surface area (Å²) in [6.45, 7) is -0.575. The predicted octanol–water partition coefficient (Wildman–Crippen LogP) is 1.63. The molecular formula is C17H15ClN2O5. The molecule has 1 aromatic heterocycles. The van der Waals surface area contributed by atoms with Gasteiger partial charge in [0.05, 0.1) is 6.26 Å². The first-order valence-electron chi connectivity index (χ1n) is 7.56. The molecule has 2 heterocycles. The van der Waals surface area contributed by atoms with Crippen molar-refractivity contribution in [3.05, 3.63) is 59.0 Å². The monoisotopic (exact) mass is 362 g/mol. The normalized spacial score (nSPS) is 20.4. The minimum absolute atomic E-state index is 0.154. The Morgan fingerprint density at radius 3 is 2.56 bits per heavy atom. The van der Waals surface area contributed by atoms with E-state index in [-0.39, 0.29) is 6.42 Å². The highest BCUT2D eigenvalue weighted by atomic mass is 35.5. The van der Waals surface area contributed by atoms with Gasteiger partial charge in [-0.3, -0.25) is 14.4 Å². The van der Waals surface area contributed by atoms with Crippen molar-refractivity contribution in [3.63, 3.8) is 0 Å². The molecule has 1 aliphatic rings. The van der Waals surface area contributed by atoms with Crippen LogP contribution in [0.3, 0.4) is 0 Å². The zero-order valence-electron chi connectivity index (χ0n) is 13.0. The van der Waals surface area contributed by atoms with Crippen molar-refractivity contribution >= 4 is 29.4 Å². The Labute approximate surface area is 148 Å². The summed E-state index contributed by atoms with van der Waals surface area (Å²) < 4.78 is 5.21. The van der Waals surface area contributed by atoms with Gasteiger partial charge in [-0.1, -0.05) is 23.7 Å². The number of furan rings is 1. The van der Waals surface area contributed by atoms with Crippen molar-refractivity contribution in [2.75, 3.05) is 6.54 Å². The Bertz CT molecular complexity index is 788. The molecule has 0 radical (unpaired) electrons. The first-order chi connectivity index (χ1) is 12.0. The SMILES string of the molecule is O=C(O)CN1C(=O)C(Cc2ccco2)NC(=O)C1c1ccc(Cl)cc1. The number of nitrogens with one attached hydrogen (secondary N) is 1. The van der Waals surface area contributed by atoms with Gasteiger partial charge in [-0.25, -0.2) is 0 Å². The third-order valence-electron chi connectivity index (χ3n) is 3.93. The van der Waals surface area contributed by atoms with Gasteiger partial charge >= 0.3 is 5.97 Å². The first-order valence-corrected chi connectivity index (χ1v) is 7.94. The smallest absolute Gasteiger partial charge is 0.323 e. The van der Waals surface area contributed by atoms with Gasteiger partial charge in [-0.15, -0.1) is 0 Å². The molecule has 3 rings (SSSR count). The summed E-state index contributed by atoms with van der Waals surface area (Å²) >= 11 is 5.85. The molecule has 7 nitrogen and oxygen atoms in total. The minimum Gasteiger partial charge on any atom is -0.480 e. The van der Waals surface area contributed by atoms with Gasteiger partial charge in [0.25, 0.3) is 0 Å². The third-order valence-corrected chi connectivity index (χ3v) is 4.19. The molecule has 1 aromatic carbocycles. The summed E-state index contributed by atoms with van der Waals surface area (Å²) in [6.07, 6.45) is 1.62. The number of carbonyl (C=O) groups is 3. The largest absolute Gasteiger partial charge is 0.480 e. The van der Waals surface area contributed by atoms with E-state index in [4.69, 9.17) is 21.1 Å². The lowest BCUT2D eigenvalue weighted by atomic mass is 9.98. The van der Waals surface area contributed by atoms with E-state index in [0.717, 1.165) is 4.90 Å². The molecule has 8 heteroatoms. The molecule has 2 aromatic rings. The van der Waals surface area contributed by atoms with Crippen molar-refractivity contribution in [3.8, 4) is 0 Å². The number of carboxylic acid groups (broad SMARTS) is 1. The second-order valence-electron chi connectivity index (χ2n) is 5.66. The average molecular weight is 363 g/mol. The standard InChI is InChI=1S/C17H15ClN2O5/c18-11-5-3-10(4-6-11)15-16(23)19-13(8-12-2-1-7-25-12)17(24)20(15)9-14(21)22/h1-7,13,15H,8-9H2,(H,19,23)(H,21,22). The number of benzene rings is 1. The Hall–Kier alpha value is -2.80. The van der Waals surface area contributed by atoms with Crippen LogP contribution in [0.25, 0.3) is 0 Å². The molecule has 130 valence electrons. The maximum absolute atomic E-state index is 12.8. The number of hydrogen-bond acceptors (Lipinski definition) is 4. The van der Waals surface area contributed by atoms with E-state index in [1.807, 2.05) is 0 Å². The van der Waals surface area contributed by atoms with Gasteiger partial charge in [0.15, 0.2) is 0 Å². The number of piperazine rings is 1. The lowest BCUT2D eigenvalue weighted by Gasteiger charge is -2.38. The summed E-state index contributed by atoms with van der Waals surface area (Å²) in [5.74, 6) is -1.59. The number of carboxylic acids is 1. The van der Waals surface area contributed by atoms with Crippen molar-refractivity contribution in [2.45, 2.75) is 18.5 Å². The molecule has 1 aliphatic heterocycles. The summed E-state index contributed by atoms with van der Waals surface area (Å²) in [4.78, 5) is 37.6. The van der Waals surface area contributed by atoms with Gasteiger partial charge in [0.1, 0.15) is 24.4 Å². The van der Waals surface area contributed by atoms with Crippen LogP contribution in [0.5, 0.6) is 0 Å². The number of aliphatic carboxylic acids is 1. The molecule has 25 heavy (non-hydrogen) atoms. The van der Waals surface area contributed by atoms with Crippen LogP contribution in [0.2, 0.25) is 5.02 Å². The molecule has 0 bridgehead atoms. The molecule has 0 saturated carbocycles. The number of hydrogen-bond donors (Lipinski definition) is 2. The van der Waals surface area contributed by atoms with E-state index in [1.165, 1.54) is 6.26 Å². The summed E-state index contributed by atoms with van der Waals surface area (Å²) in [5, 5.41) is 12.3. The van der Waals surface area contributed by atoms with Crippen molar-refractivity contribution in [1.29, 1.82) is 0 Å². The fraction of sp³-hybridized carbons (Fsp3) is 0.235. The van der Waals surface area contributed by atoms with Crippen LogP contribution in [0.15, 0.2) is 47.1 Å². The maximum Gasteiger partial charge on any atom is 0.323 e. The lowest BCUT2D eigenvalue weighted by molar-refractivity contribution is -0.155. The summed E-state index contributed by atoms with van der Waals surface area (Å²) in [5.41, 5.74) is 0.493. The molecule has 2 unspecified atom stereocenters. The van der Waals surface area contributed by atoms with Gasteiger partial charge in [-0.05, 0) is 29.8 Å². The van der Waals surface area contributed by atoms with Crippen LogP contribution < -0.4 is 5.32 Å². The van der Waals surface area contributed by atoms with Crippen LogP contribution in [0.1, 0.15) is 17.4 Å². The number of nitrogens with zero attached hydrogens (tertiary/aromatic N) is 1. The zero-order valence-corrected chi connectivity index (χ0v) is 13.8. The second-order valence-corrected chi connectivity index (χ2v) is 6.10. The molecule has 2 atom stereocenters. The Morgan fingerprint density at radius 1 is 1.24 bits per heavy atom. The molecule has 0 aliphatic carbocycles. The van der Waals surface area contributed by atoms with Gasteiger partial charge in [-0.2, -0.15) is 0 Å². The maximum atomic E-state index is 12.8. The van der Waals surface area contributed by atoms with Crippen LogP contribution in [0.4, 0.5) is 0 Å². The predicted molar refractivity (Wildman–Crippen MR) is 87.9 cm³/mol. The number of amides is 2. The summed E-state index contributed by atoms with van der Waals surface area (Å²) in [6, 6.07) is 7.84. The molecule has 2 amide bonds. The quantitative estimate of drug-likeness (QED) is 0.842. The van der Waals surface area contributed by atoms with E-state index in [9.17, 15) is 14.4 Å². The number of carbonyl (C=O) groups excluding carboxylic acids is 2. The van der Waals surface area contributed by atoms with E-state index in [2.05, 4.69) is 5.32 Å². The number of halogens is 1. The highest BCUT2D eigenvalue weighted by Gasteiger charge is 2.42. The fourth-order valence-electron chi connectivity index (χ4n) is 2.84. The first kappa shape index (κ1) is 17.0. The zero-order chi connectivity index (χ0) is 18.0. The van der Waals surface area contributed by atoms with Crippen molar-refractivity contribution in [2.24, 2.45) is 0 Å². The van der Waals surface area contributed by atoms with E-state index in [1.54, 1.807) is 36.4 Å². The van der Waals surface area contributed by atoms with Gasteiger partial charge in [0, 0.05) is 11.4 Å². The Balaban J connectivity index is 1.90. The third kappa shape index (κ3) is 3.66. The van der Waals surface area contributed by atoms with E-state index >= 15 is 0 Å². The molecular weight excluding hydrogens is 348 g/mol. The molecule has 0 spiro atoms. The number of rotatable bonds is 5. The van der Waals surface area contributed by atoms with Crippen LogP contribution in [-0.4, -0.2) is 40.4 Å². The van der Waals surface area contributed by atoms with Crippen LogP contribution in [-0.2, 0) is 20.8 Å². The second kappa shape index (κ2) is 6.98. The van der Waals surface area contributed by atoms with Crippen molar-refractivity contribution < 1.29 is 23.9 Å².